The van der Waals surface area contributed by atoms with Gasteiger partial charge in [0.1, 0.15) is 5.82 Å². The molecule has 3 rings (SSSR count). The highest BCUT2D eigenvalue weighted by Crippen LogP contribution is 2.21. The molecule has 1 aliphatic rings. The summed E-state index contributed by atoms with van der Waals surface area (Å²) in [4.78, 5) is 13.9. The number of hydrogen-bond acceptors (Lipinski definition) is 3. The van der Waals surface area contributed by atoms with Crippen LogP contribution in [0.4, 0.5) is 14.9 Å². The van der Waals surface area contributed by atoms with Crippen LogP contribution in [-0.2, 0) is 0 Å². The van der Waals surface area contributed by atoms with Crippen LogP contribution in [0.3, 0.4) is 0 Å². The fourth-order valence-corrected chi connectivity index (χ4v) is 2.48. The molecule has 0 unspecified atom stereocenters. The number of rotatable bonds is 2. The summed E-state index contributed by atoms with van der Waals surface area (Å²) in [5.74, 6) is -0.318. The van der Waals surface area contributed by atoms with Crippen molar-refractivity contribution in [1.82, 2.24) is 19.9 Å². The molecule has 110 valence electrons. The Kier molecular flexibility index (Phi) is 3.81. The molecule has 0 radical (unpaired) electrons. The van der Waals surface area contributed by atoms with Crippen LogP contribution in [0.2, 0.25) is 0 Å². The SMILES string of the molecule is O=C(Nc1ccc(F)cc1)N1CCC(n2ccnn2)CC1. The molecule has 0 atom stereocenters. The van der Waals surface area contributed by atoms with Crippen molar-refractivity contribution < 1.29 is 9.18 Å². The first kappa shape index (κ1) is 13.5. The van der Waals surface area contributed by atoms with Crippen LogP contribution in [-0.4, -0.2) is 39.0 Å². The van der Waals surface area contributed by atoms with E-state index in [2.05, 4.69) is 15.6 Å². The fraction of sp³-hybridized carbons (Fsp3) is 0.357. The number of carbonyl (C=O) groups excluding carboxylic acids is 1. The summed E-state index contributed by atoms with van der Waals surface area (Å²) in [5.41, 5.74) is 0.597. The molecule has 0 bridgehead atoms. The lowest BCUT2D eigenvalue weighted by molar-refractivity contribution is 0.179. The Hall–Kier alpha value is -2.44. The van der Waals surface area contributed by atoms with Gasteiger partial charge in [0.25, 0.3) is 0 Å². The van der Waals surface area contributed by atoms with Gasteiger partial charge in [-0.1, -0.05) is 5.21 Å². The summed E-state index contributed by atoms with van der Waals surface area (Å²) in [6, 6.07) is 5.89. The Morgan fingerprint density at radius 3 is 2.57 bits per heavy atom. The monoisotopic (exact) mass is 289 g/mol. The van der Waals surface area contributed by atoms with Gasteiger partial charge in [-0.05, 0) is 37.1 Å². The van der Waals surface area contributed by atoms with Gasteiger partial charge in [-0.3, -0.25) is 0 Å². The second-order valence-electron chi connectivity index (χ2n) is 5.04. The van der Waals surface area contributed by atoms with E-state index in [1.807, 2.05) is 10.9 Å². The standard InChI is InChI=1S/C14H16FN5O/c15-11-1-3-12(4-2-11)17-14(21)19-8-5-13(6-9-19)20-10-7-16-18-20/h1-4,7,10,13H,5-6,8-9H2,(H,17,21). The fourth-order valence-electron chi connectivity index (χ4n) is 2.48. The first-order chi connectivity index (χ1) is 10.2. The quantitative estimate of drug-likeness (QED) is 0.922. The first-order valence-electron chi connectivity index (χ1n) is 6.89. The van der Waals surface area contributed by atoms with E-state index in [9.17, 15) is 9.18 Å². The molecule has 2 heterocycles. The average molecular weight is 289 g/mol. The van der Waals surface area contributed by atoms with Gasteiger partial charge >= 0.3 is 6.03 Å². The topological polar surface area (TPSA) is 63.1 Å². The summed E-state index contributed by atoms with van der Waals surface area (Å²) in [7, 11) is 0. The maximum Gasteiger partial charge on any atom is 0.321 e. The lowest BCUT2D eigenvalue weighted by atomic mass is 10.1. The summed E-state index contributed by atoms with van der Waals surface area (Å²) in [6.45, 7) is 1.33. The van der Waals surface area contributed by atoms with Crippen molar-refractivity contribution in [3.8, 4) is 0 Å². The third kappa shape index (κ3) is 3.18. The third-order valence-corrected chi connectivity index (χ3v) is 3.66. The third-order valence-electron chi connectivity index (χ3n) is 3.66. The normalized spacial score (nSPS) is 16.0. The minimum absolute atomic E-state index is 0.154. The second kappa shape index (κ2) is 5.90. The summed E-state index contributed by atoms with van der Waals surface area (Å²) in [6.07, 6.45) is 5.20. The van der Waals surface area contributed by atoms with Crippen molar-refractivity contribution in [2.75, 3.05) is 18.4 Å². The van der Waals surface area contributed by atoms with E-state index in [4.69, 9.17) is 0 Å². The number of amides is 2. The van der Waals surface area contributed by atoms with Gasteiger partial charge in [0.15, 0.2) is 0 Å². The molecule has 7 heteroatoms. The average Bonchev–Trinajstić information content (AvgIpc) is 3.04. The number of nitrogens with zero attached hydrogens (tertiary/aromatic N) is 4. The highest BCUT2D eigenvalue weighted by molar-refractivity contribution is 5.89. The zero-order valence-corrected chi connectivity index (χ0v) is 11.4. The lowest BCUT2D eigenvalue weighted by Gasteiger charge is -2.31. The van der Waals surface area contributed by atoms with E-state index < -0.39 is 0 Å². The lowest BCUT2D eigenvalue weighted by Crippen LogP contribution is -2.41. The highest BCUT2D eigenvalue weighted by atomic mass is 19.1. The number of hydrogen-bond donors (Lipinski definition) is 1. The maximum absolute atomic E-state index is 12.8. The molecule has 1 aromatic heterocycles. The maximum atomic E-state index is 12.8. The molecule has 0 aliphatic carbocycles. The van der Waals surface area contributed by atoms with Gasteiger partial charge in [-0.2, -0.15) is 0 Å². The van der Waals surface area contributed by atoms with Crippen molar-refractivity contribution in [3.05, 3.63) is 42.5 Å². The van der Waals surface area contributed by atoms with Crippen molar-refractivity contribution in [2.24, 2.45) is 0 Å². The number of benzene rings is 1. The molecular weight excluding hydrogens is 273 g/mol. The van der Waals surface area contributed by atoms with E-state index in [-0.39, 0.29) is 11.8 Å². The molecule has 0 spiro atoms. The smallest absolute Gasteiger partial charge is 0.321 e. The Morgan fingerprint density at radius 2 is 1.95 bits per heavy atom. The largest absolute Gasteiger partial charge is 0.324 e. The Labute approximate surface area is 121 Å². The Bertz CT molecular complexity index is 590. The number of anilines is 1. The molecule has 6 nitrogen and oxygen atoms in total. The Balaban J connectivity index is 1.54. The van der Waals surface area contributed by atoms with Gasteiger partial charge in [0.2, 0.25) is 0 Å². The number of halogens is 1. The molecule has 1 N–H and O–H groups in total. The van der Waals surface area contributed by atoms with Crippen molar-refractivity contribution in [1.29, 1.82) is 0 Å². The van der Waals surface area contributed by atoms with Crippen molar-refractivity contribution in [3.63, 3.8) is 0 Å². The molecule has 1 saturated heterocycles. The van der Waals surface area contributed by atoms with Gasteiger partial charge in [0.05, 0.1) is 12.2 Å². The highest BCUT2D eigenvalue weighted by Gasteiger charge is 2.24. The molecule has 1 aromatic carbocycles. The van der Waals surface area contributed by atoms with Crippen LogP contribution >= 0.6 is 0 Å². The van der Waals surface area contributed by atoms with Crippen LogP contribution in [0.5, 0.6) is 0 Å². The van der Waals surface area contributed by atoms with E-state index in [1.54, 1.807) is 23.2 Å². The van der Waals surface area contributed by atoms with Gasteiger partial charge in [-0.15, -0.1) is 5.10 Å². The molecule has 0 saturated carbocycles. The van der Waals surface area contributed by atoms with Crippen molar-refractivity contribution in [2.45, 2.75) is 18.9 Å². The summed E-state index contributed by atoms with van der Waals surface area (Å²) < 4.78 is 14.7. The molecule has 1 fully saturated rings. The number of piperidine rings is 1. The van der Waals surface area contributed by atoms with E-state index in [1.165, 1.54) is 12.1 Å². The number of urea groups is 1. The van der Waals surface area contributed by atoms with Gasteiger partial charge in [0, 0.05) is 25.0 Å². The summed E-state index contributed by atoms with van der Waals surface area (Å²) in [5, 5.41) is 10.6. The Morgan fingerprint density at radius 1 is 1.24 bits per heavy atom. The molecule has 1 aliphatic heterocycles. The zero-order chi connectivity index (χ0) is 14.7. The van der Waals surface area contributed by atoms with E-state index in [0.29, 0.717) is 24.8 Å². The predicted molar refractivity (Wildman–Crippen MR) is 75.3 cm³/mol. The molecule has 2 amide bonds. The summed E-state index contributed by atoms with van der Waals surface area (Å²) >= 11 is 0. The molecular formula is C14H16FN5O. The number of aromatic nitrogens is 3. The molecule has 2 aromatic rings. The van der Waals surface area contributed by atoms with E-state index in [0.717, 1.165) is 12.8 Å². The first-order valence-corrected chi connectivity index (χ1v) is 6.89. The minimum atomic E-state index is -0.318. The van der Waals surface area contributed by atoms with Crippen LogP contribution in [0.1, 0.15) is 18.9 Å². The van der Waals surface area contributed by atoms with Crippen LogP contribution in [0.15, 0.2) is 36.7 Å². The zero-order valence-electron chi connectivity index (χ0n) is 11.4. The van der Waals surface area contributed by atoms with E-state index >= 15 is 0 Å². The second-order valence-corrected chi connectivity index (χ2v) is 5.04. The van der Waals surface area contributed by atoms with Gasteiger partial charge < -0.3 is 10.2 Å². The van der Waals surface area contributed by atoms with Crippen molar-refractivity contribution >= 4 is 11.7 Å². The predicted octanol–water partition coefficient (Wildman–Crippen LogP) is 2.29. The van der Waals surface area contributed by atoms with Crippen LogP contribution in [0.25, 0.3) is 0 Å². The molecule has 21 heavy (non-hydrogen) atoms. The number of carbonyl (C=O) groups is 1. The van der Waals surface area contributed by atoms with Crippen LogP contribution < -0.4 is 5.32 Å². The van der Waals surface area contributed by atoms with Crippen LogP contribution in [0, 0.1) is 5.82 Å². The minimum Gasteiger partial charge on any atom is -0.324 e. The van der Waals surface area contributed by atoms with Gasteiger partial charge in [-0.25, -0.2) is 13.9 Å². The number of likely N-dealkylation sites (tertiary alicyclic amines) is 1. The number of nitrogens with one attached hydrogen (secondary N) is 1.